The van der Waals surface area contributed by atoms with Gasteiger partial charge in [-0.1, -0.05) is 123 Å². The summed E-state index contributed by atoms with van der Waals surface area (Å²) in [7, 11) is 0. The molecule has 5 unspecified atom stereocenters. The molecule has 1 heteroatoms. The van der Waals surface area contributed by atoms with Crippen LogP contribution in [0.1, 0.15) is 130 Å². The van der Waals surface area contributed by atoms with E-state index in [1.807, 2.05) is 5.92 Å². The molecule has 2 aliphatic rings. The van der Waals surface area contributed by atoms with Crippen molar-refractivity contribution in [2.45, 2.75) is 130 Å². The first-order valence-electron chi connectivity index (χ1n) is 12.8. The van der Waals surface area contributed by atoms with Crippen molar-refractivity contribution in [2.24, 2.45) is 29.6 Å². The van der Waals surface area contributed by atoms with E-state index in [-0.39, 0.29) is 32.7 Å². The van der Waals surface area contributed by atoms with Gasteiger partial charge in [0.1, 0.15) is 0 Å². The van der Waals surface area contributed by atoms with Crippen LogP contribution in [0.25, 0.3) is 0 Å². The standard InChI is InChI=1S/C27H50.Y/c1-5-7-9-11-13-24(14-12-10-8-6-2)27-21-23(4)17-20-26(27)25-18-15-22(3)16-19-25;/h18,22-23,25-27H,5-17,19-21H2,1-4H3;/q-2;. The second-order valence-electron chi connectivity index (χ2n) is 10.3. The van der Waals surface area contributed by atoms with Gasteiger partial charge in [0.25, 0.3) is 0 Å². The van der Waals surface area contributed by atoms with Gasteiger partial charge in [0.05, 0.1) is 0 Å². The molecule has 0 aromatic carbocycles. The summed E-state index contributed by atoms with van der Waals surface area (Å²) < 4.78 is 0. The van der Waals surface area contributed by atoms with Gasteiger partial charge in [0.15, 0.2) is 0 Å². The Kier molecular flexibility index (Phi) is 15.4. The molecule has 0 N–H and O–H groups in total. The zero-order valence-electron chi connectivity index (χ0n) is 19.9. The van der Waals surface area contributed by atoms with E-state index in [2.05, 4.69) is 34.1 Å². The van der Waals surface area contributed by atoms with Crippen LogP contribution < -0.4 is 0 Å². The maximum atomic E-state index is 2.76. The second kappa shape index (κ2) is 15.8. The van der Waals surface area contributed by atoms with Crippen molar-refractivity contribution in [1.29, 1.82) is 0 Å². The van der Waals surface area contributed by atoms with Gasteiger partial charge < -0.3 is 12.3 Å². The average molecular weight is 464 g/mol. The molecule has 2 saturated carbocycles. The van der Waals surface area contributed by atoms with E-state index in [0.717, 1.165) is 29.6 Å². The molecule has 0 aromatic rings. The Balaban J connectivity index is 0.00000392. The van der Waals surface area contributed by atoms with Crippen LogP contribution in [0.2, 0.25) is 0 Å². The van der Waals surface area contributed by atoms with E-state index in [9.17, 15) is 0 Å². The molecule has 0 spiro atoms. The summed E-state index contributed by atoms with van der Waals surface area (Å²) in [5.41, 5.74) is 0. The average Bonchev–Trinajstić information content (AvgIpc) is 2.67. The van der Waals surface area contributed by atoms with Crippen molar-refractivity contribution in [3.05, 3.63) is 12.3 Å². The Hall–Kier alpha value is 1.10. The Morgan fingerprint density at radius 2 is 1.36 bits per heavy atom. The number of hydrogen-bond donors (Lipinski definition) is 0. The van der Waals surface area contributed by atoms with E-state index in [1.54, 1.807) is 0 Å². The van der Waals surface area contributed by atoms with Gasteiger partial charge in [-0.3, -0.25) is 0 Å². The first-order chi connectivity index (χ1) is 13.2. The van der Waals surface area contributed by atoms with Crippen LogP contribution in [0.4, 0.5) is 0 Å². The van der Waals surface area contributed by atoms with Crippen LogP contribution in [0.5, 0.6) is 0 Å². The Morgan fingerprint density at radius 1 is 0.750 bits per heavy atom. The van der Waals surface area contributed by atoms with Crippen molar-refractivity contribution in [2.75, 3.05) is 0 Å². The van der Waals surface area contributed by atoms with E-state index in [4.69, 9.17) is 0 Å². The Bertz CT molecular complexity index is 345. The summed E-state index contributed by atoms with van der Waals surface area (Å²) in [5, 5.41) is 0. The smallest absolute Gasteiger partial charge is 0 e. The van der Waals surface area contributed by atoms with Gasteiger partial charge in [-0.25, -0.2) is 0 Å². The number of unbranched alkanes of at least 4 members (excludes halogenated alkanes) is 6. The molecule has 0 bridgehead atoms. The quantitative estimate of drug-likeness (QED) is 0.200. The molecule has 0 heterocycles. The molecule has 0 saturated heterocycles. The van der Waals surface area contributed by atoms with Gasteiger partial charge in [-0.15, -0.1) is 0 Å². The molecule has 2 rings (SSSR count). The SMILES string of the molecule is CCCCCC[C-](CCCCCC)C1CC(C)CCC1C1[CH-]CC(C)CC1.[Y]. The monoisotopic (exact) mass is 463 g/mol. The van der Waals surface area contributed by atoms with Crippen molar-refractivity contribution in [3.63, 3.8) is 0 Å². The summed E-state index contributed by atoms with van der Waals surface area (Å²) in [5.74, 6) is 6.77. The number of rotatable bonds is 12. The largest absolute Gasteiger partial charge is 0.325 e. The van der Waals surface area contributed by atoms with E-state index in [1.165, 1.54) is 103 Å². The third kappa shape index (κ3) is 9.49. The third-order valence-electron chi connectivity index (χ3n) is 7.78. The molecule has 2 aliphatic carbocycles. The van der Waals surface area contributed by atoms with Gasteiger partial charge in [-0.05, 0) is 5.92 Å². The van der Waals surface area contributed by atoms with Gasteiger partial charge in [0, 0.05) is 32.7 Å². The third-order valence-corrected chi connectivity index (χ3v) is 7.78. The normalized spacial score (nSPS) is 31.0. The van der Waals surface area contributed by atoms with Crippen LogP contribution in [0, 0.1) is 41.9 Å². The summed E-state index contributed by atoms with van der Waals surface area (Å²) in [6, 6.07) is 0. The van der Waals surface area contributed by atoms with E-state index in [0.29, 0.717) is 0 Å². The summed E-state index contributed by atoms with van der Waals surface area (Å²) in [6.45, 7) is 9.66. The maximum absolute atomic E-state index is 2.76. The van der Waals surface area contributed by atoms with Crippen molar-refractivity contribution in [3.8, 4) is 0 Å². The fraction of sp³-hybridized carbons (Fsp3) is 0.926. The predicted octanol–water partition coefficient (Wildman–Crippen LogP) is 9.19. The van der Waals surface area contributed by atoms with Crippen LogP contribution in [0.15, 0.2) is 0 Å². The molecule has 163 valence electrons. The molecule has 0 aromatic heterocycles. The summed E-state index contributed by atoms with van der Waals surface area (Å²) in [4.78, 5) is 0. The van der Waals surface area contributed by atoms with Crippen molar-refractivity contribution < 1.29 is 32.7 Å². The fourth-order valence-corrected chi connectivity index (χ4v) is 5.95. The molecule has 0 amide bonds. The number of hydrogen-bond acceptors (Lipinski definition) is 0. The summed E-state index contributed by atoms with van der Waals surface area (Å²) >= 11 is 0. The minimum atomic E-state index is 0. The Morgan fingerprint density at radius 3 is 1.89 bits per heavy atom. The zero-order valence-corrected chi connectivity index (χ0v) is 22.7. The molecule has 0 nitrogen and oxygen atoms in total. The second-order valence-corrected chi connectivity index (χ2v) is 10.3. The van der Waals surface area contributed by atoms with Crippen LogP contribution in [-0.2, 0) is 32.7 Å². The van der Waals surface area contributed by atoms with Crippen LogP contribution in [-0.4, -0.2) is 0 Å². The topological polar surface area (TPSA) is 0 Å². The minimum absolute atomic E-state index is 0. The maximum Gasteiger partial charge on any atom is 0 e. The van der Waals surface area contributed by atoms with Crippen molar-refractivity contribution >= 4 is 0 Å². The molecule has 0 aliphatic heterocycles. The van der Waals surface area contributed by atoms with Gasteiger partial charge in [-0.2, -0.15) is 31.1 Å². The van der Waals surface area contributed by atoms with E-state index < -0.39 is 0 Å². The first-order valence-corrected chi connectivity index (χ1v) is 12.8. The molecule has 2 fully saturated rings. The van der Waals surface area contributed by atoms with Crippen LogP contribution >= 0.6 is 0 Å². The minimum Gasteiger partial charge on any atom is -0.325 e. The van der Waals surface area contributed by atoms with E-state index >= 15 is 0 Å². The zero-order chi connectivity index (χ0) is 19.5. The van der Waals surface area contributed by atoms with Gasteiger partial charge >= 0.3 is 0 Å². The molecular formula is C27H50Y-2. The molecular weight excluding hydrogens is 413 g/mol. The molecule has 5 atom stereocenters. The molecule has 1 radical (unpaired) electrons. The predicted molar refractivity (Wildman–Crippen MR) is 122 cm³/mol. The summed E-state index contributed by atoms with van der Waals surface area (Å²) in [6.07, 6.45) is 25.9. The molecule has 28 heavy (non-hydrogen) atoms. The van der Waals surface area contributed by atoms with Crippen molar-refractivity contribution in [1.82, 2.24) is 0 Å². The van der Waals surface area contributed by atoms with Gasteiger partial charge in [0.2, 0.25) is 0 Å². The fourth-order valence-electron chi connectivity index (χ4n) is 5.95. The first kappa shape index (κ1) is 27.1. The van der Waals surface area contributed by atoms with Crippen LogP contribution in [0.3, 0.4) is 0 Å². The Labute approximate surface area is 204 Å².